The van der Waals surface area contributed by atoms with Gasteiger partial charge in [0.05, 0.1) is 10.6 Å². The Labute approximate surface area is 181 Å². The van der Waals surface area contributed by atoms with Gasteiger partial charge in [0, 0.05) is 25.3 Å². The maximum atomic E-state index is 12.8. The molecule has 0 spiro atoms. The summed E-state index contributed by atoms with van der Waals surface area (Å²) in [6.45, 7) is 2.63. The van der Waals surface area contributed by atoms with Crippen molar-refractivity contribution in [2.75, 3.05) is 31.1 Å². The highest BCUT2D eigenvalue weighted by atomic mass is 35.5. The molecule has 1 aliphatic rings. The minimum atomic E-state index is -3.79. The second-order valence-electron chi connectivity index (χ2n) is 6.81. The van der Waals surface area contributed by atoms with Crippen LogP contribution in [0.15, 0.2) is 53.4 Å². The number of sulfonamides is 1. The number of benzene rings is 2. The van der Waals surface area contributed by atoms with Crippen LogP contribution in [0.2, 0.25) is 5.02 Å². The van der Waals surface area contributed by atoms with Gasteiger partial charge in [-0.15, -0.1) is 0 Å². The summed E-state index contributed by atoms with van der Waals surface area (Å²) in [5, 5.41) is 0.0377. The van der Waals surface area contributed by atoms with Crippen molar-refractivity contribution in [3.63, 3.8) is 0 Å². The minimum absolute atomic E-state index is 0.0210. The van der Waals surface area contributed by atoms with Crippen molar-refractivity contribution >= 4 is 39.2 Å². The van der Waals surface area contributed by atoms with Crippen LogP contribution < -0.4 is 4.90 Å². The number of carbonyl (C=O) groups excluding carboxylic acids is 2. The van der Waals surface area contributed by atoms with E-state index in [1.165, 1.54) is 27.4 Å². The number of hydrogen-bond donors (Lipinski definition) is 0. The Kier molecular flexibility index (Phi) is 7.12. The zero-order chi connectivity index (χ0) is 21.7. The smallest absolute Gasteiger partial charge is 0.338 e. The fraction of sp³-hybridized carbons (Fsp3) is 0.333. The summed E-state index contributed by atoms with van der Waals surface area (Å²) in [5.74, 6) is -1.17. The van der Waals surface area contributed by atoms with Crippen molar-refractivity contribution < 1.29 is 22.7 Å². The lowest BCUT2D eigenvalue weighted by atomic mass is 10.2. The number of nitrogens with zero attached hydrogens (tertiary/aromatic N) is 2. The first-order valence-electron chi connectivity index (χ1n) is 9.67. The SMILES string of the molecule is CCN(C(=O)COC(=O)c1ccc(Cl)c(S(=O)(=O)N2CCCC2)c1)c1ccccc1. The molecule has 0 atom stereocenters. The largest absolute Gasteiger partial charge is 0.452 e. The van der Waals surface area contributed by atoms with Crippen LogP contribution in [0.4, 0.5) is 5.69 Å². The molecule has 1 saturated heterocycles. The van der Waals surface area contributed by atoms with Crippen molar-refractivity contribution in [3.8, 4) is 0 Å². The molecular weight excluding hydrogens is 428 g/mol. The summed E-state index contributed by atoms with van der Waals surface area (Å²) in [6, 6.07) is 13.0. The van der Waals surface area contributed by atoms with Gasteiger partial charge in [-0.1, -0.05) is 29.8 Å². The molecule has 1 heterocycles. The number of hydrogen-bond acceptors (Lipinski definition) is 5. The lowest BCUT2D eigenvalue weighted by molar-refractivity contribution is -0.121. The Morgan fingerprint density at radius 1 is 1.10 bits per heavy atom. The zero-order valence-corrected chi connectivity index (χ0v) is 18.2. The van der Waals surface area contributed by atoms with Crippen molar-refractivity contribution in [1.82, 2.24) is 4.31 Å². The molecule has 2 aromatic carbocycles. The van der Waals surface area contributed by atoms with Gasteiger partial charge in [-0.3, -0.25) is 4.79 Å². The molecule has 1 aliphatic heterocycles. The molecule has 30 heavy (non-hydrogen) atoms. The van der Waals surface area contributed by atoms with Gasteiger partial charge in [0.2, 0.25) is 10.0 Å². The predicted molar refractivity (Wildman–Crippen MR) is 114 cm³/mol. The van der Waals surface area contributed by atoms with Gasteiger partial charge < -0.3 is 9.64 Å². The molecule has 7 nitrogen and oxygen atoms in total. The zero-order valence-electron chi connectivity index (χ0n) is 16.6. The fourth-order valence-corrected chi connectivity index (χ4v) is 5.31. The van der Waals surface area contributed by atoms with Crippen LogP contribution in [-0.2, 0) is 19.6 Å². The van der Waals surface area contributed by atoms with Gasteiger partial charge in [-0.25, -0.2) is 13.2 Å². The number of anilines is 1. The molecule has 9 heteroatoms. The summed E-state index contributed by atoms with van der Waals surface area (Å²) in [4.78, 5) is 26.3. The van der Waals surface area contributed by atoms with E-state index in [2.05, 4.69) is 0 Å². The second kappa shape index (κ2) is 9.59. The summed E-state index contributed by atoms with van der Waals surface area (Å²) < 4.78 is 32.1. The van der Waals surface area contributed by atoms with E-state index >= 15 is 0 Å². The van der Waals surface area contributed by atoms with E-state index in [4.69, 9.17) is 16.3 Å². The lowest BCUT2D eigenvalue weighted by Gasteiger charge is -2.21. The van der Waals surface area contributed by atoms with E-state index in [9.17, 15) is 18.0 Å². The number of likely N-dealkylation sites (N-methyl/N-ethyl adjacent to an activating group) is 1. The highest BCUT2D eigenvalue weighted by molar-refractivity contribution is 7.89. The molecule has 0 aromatic heterocycles. The molecule has 0 unspecified atom stereocenters. The first-order valence-corrected chi connectivity index (χ1v) is 11.5. The predicted octanol–water partition coefficient (Wildman–Crippen LogP) is 3.33. The number of rotatable bonds is 7. The van der Waals surface area contributed by atoms with Crippen LogP contribution in [-0.4, -0.2) is 50.8 Å². The maximum Gasteiger partial charge on any atom is 0.338 e. The number of esters is 1. The Hall–Kier alpha value is -2.42. The summed E-state index contributed by atoms with van der Waals surface area (Å²) >= 11 is 6.10. The molecule has 160 valence electrons. The van der Waals surface area contributed by atoms with Crippen molar-refractivity contribution in [2.45, 2.75) is 24.7 Å². The quantitative estimate of drug-likeness (QED) is 0.604. The van der Waals surface area contributed by atoms with Crippen LogP contribution in [0, 0.1) is 0 Å². The summed E-state index contributed by atoms with van der Waals surface area (Å²) in [5.41, 5.74) is 0.722. The highest BCUT2D eigenvalue weighted by Gasteiger charge is 2.30. The molecule has 3 rings (SSSR count). The van der Waals surface area contributed by atoms with E-state index in [0.29, 0.717) is 25.3 Å². The van der Waals surface area contributed by atoms with Gasteiger partial charge in [0.1, 0.15) is 4.90 Å². The number of amides is 1. The summed E-state index contributed by atoms with van der Waals surface area (Å²) in [6.07, 6.45) is 1.58. The molecular formula is C21H23ClN2O5S. The molecule has 0 radical (unpaired) electrons. The Morgan fingerprint density at radius 2 is 1.77 bits per heavy atom. The Balaban J connectivity index is 1.72. The van der Waals surface area contributed by atoms with Crippen LogP contribution >= 0.6 is 11.6 Å². The molecule has 2 aromatic rings. The van der Waals surface area contributed by atoms with E-state index < -0.39 is 22.6 Å². The molecule has 0 aliphatic carbocycles. The van der Waals surface area contributed by atoms with Crippen molar-refractivity contribution in [1.29, 1.82) is 0 Å². The molecule has 0 saturated carbocycles. The van der Waals surface area contributed by atoms with Crippen LogP contribution in [0.5, 0.6) is 0 Å². The molecule has 0 bridgehead atoms. The number of para-hydroxylation sites is 1. The Morgan fingerprint density at radius 3 is 2.40 bits per heavy atom. The van der Waals surface area contributed by atoms with E-state index in [1.807, 2.05) is 25.1 Å². The van der Waals surface area contributed by atoms with Crippen molar-refractivity contribution in [2.24, 2.45) is 0 Å². The third-order valence-electron chi connectivity index (χ3n) is 4.86. The molecule has 1 fully saturated rings. The summed E-state index contributed by atoms with van der Waals surface area (Å²) in [7, 11) is -3.79. The molecule has 1 amide bonds. The Bertz CT molecular complexity index is 1020. The lowest BCUT2D eigenvalue weighted by Crippen LogP contribution is -2.34. The standard InChI is InChI=1S/C21H23ClN2O5S/c1-2-24(17-8-4-3-5-9-17)20(25)15-29-21(26)16-10-11-18(22)19(14-16)30(27,28)23-12-6-7-13-23/h3-5,8-11,14H,2,6-7,12-13,15H2,1H3. The number of ether oxygens (including phenoxy) is 1. The third-order valence-corrected chi connectivity index (χ3v) is 7.24. The third kappa shape index (κ3) is 4.83. The highest BCUT2D eigenvalue weighted by Crippen LogP contribution is 2.28. The second-order valence-corrected chi connectivity index (χ2v) is 9.12. The number of carbonyl (C=O) groups is 2. The molecule has 0 N–H and O–H groups in total. The topological polar surface area (TPSA) is 84.0 Å². The normalized spacial score (nSPS) is 14.5. The van der Waals surface area contributed by atoms with E-state index in [1.54, 1.807) is 12.1 Å². The average Bonchev–Trinajstić information content (AvgIpc) is 3.29. The van der Waals surface area contributed by atoms with Gasteiger partial charge in [0.25, 0.3) is 5.91 Å². The van der Waals surface area contributed by atoms with Gasteiger partial charge in [-0.2, -0.15) is 4.31 Å². The van der Waals surface area contributed by atoms with Crippen LogP contribution in [0.25, 0.3) is 0 Å². The average molecular weight is 451 g/mol. The monoisotopic (exact) mass is 450 g/mol. The van der Waals surface area contributed by atoms with E-state index in [0.717, 1.165) is 12.8 Å². The van der Waals surface area contributed by atoms with Gasteiger partial charge in [-0.05, 0) is 50.1 Å². The van der Waals surface area contributed by atoms with Gasteiger partial charge in [0.15, 0.2) is 6.61 Å². The van der Waals surface area contributed by atoms with Crippen molar-refractivity contribution in [3.05, 3.63) is 59.1 Å². The van der Waals surface area contributed by atoms with E-state index in [-0.39, 0.29) is 21.4 Å². The maximum absolute atomic E-state index is 12.8. The number of halogens is 1. The first kappa shape index (κ1) is 22.3. The first-order chi connectivity index (χ1) is 14.3. The van der Waals surface area contributed by atoms with Crippen LogP contribution in [0.1, 0.15) is 30.1 Å². The van der Waals surface area contributed by atoms with Crippen LogP contribution in [0.3, 0.4) is 0 Å². The fourth-order valence-electron chi connectivity index (χ4n) is 3.29. The minimum Gasteiger partial charge on any atom is -0.452 e. The van der Waals surface area contributed by atoms with Gasteiger partial charge >= 0.3 is 5.97 Å².